The van der Waals surface area contributed by atoms with Crippen LogP contribution in [0.5, 0.6) is 0 Å². The fraction of sp³-hybridized carbons (Fsp3) is 0.316. The molecule has 23 heavy (non-hydrogen) atoms. The zero-order chi connectivity index (χ0) is 16.2. The molecule has 0 unspecified atom stereocenters. The number of benzene rings is 2. The first-order valence-electron chi connectivity index (χ1n) is 8.08. The van der Waals surface area contributed by atoms with Gasteiger partial charge in [-0.05, 0) is 85.2 Å². The van der Waals surface area contributed by atoms with Gasteiger partial charge >= 0.3 is 0 Å². The van der Waals surface area contributed by atoms with Crippen LogP contribution < -0.4 is 10.2 Å². The first-order valence-corrected chi connectivity index (χ1v) is 9.15. The molecule has 0 spiro atoms. The van der Waals surface area contributed by atoms with E-state index < -0.39 is 0 Å². The standard InChI is InChI=1S/C19H21IN2O/c1-14-6-4-5-13-22(14)16-11-9-15(10-12-16)21-19(23)17-7-2-3-8-18(17)20/h2-3,7-12,14H,4-6,13H2,1H3,(H,21,23)/t14-/m1/s1. The van der Waals surface area contributed by atoms with Crippen LogP contribution in [0.2, 0.25) is 0 Å². The van der Waals surface area contributed by atoms with Crippen LogP contribution in [0.1, 0.15) is 36.5 Å². The second kappa shape index (κ2) is 7.34. The zero-order valence-electron chi connectivity index (χ0n) is 13.3. The van der Waals surface area contributed by atoms with E-state index in [1.54, 1.807) is 0 Å². The SMILES string of the molecule is C[C@@H]1CCCCN1c1ccc(NC(=O)c2ccccc2I)cc1. The van der Waals surface area contributed by atoms with Crippen molar-refractivity contribution in [1.82, 2.24) is 0 Å². The Hall–Kier alpha value is -1.56. The van der Waals surface area contributed by atoms with Gasteiger partial charge in [-0.1, -0.05) is 12.1 Å². The van der Waals surface area contributed by atoms with Gasteiger partial charge in [0, 0.05) is 27.5 Å². The maximum Gasteiger partial charge on any atom is 0.256 e. The van der Waals surface area contributed by atoms with Crippen LogP contribution in [-0.4, -0.2) is 18.5 Å². The van der Waals surface area contributed by atoms with Gasteiger partial charge in [0.2, 0.25) is 0 Å². The van der Waals surface area contributed by atoms with E-state index in [9.17, 15) is 4.79 Å². The molecule has 3 nitrogen and oxygen atoms in total. The van der Waals surface area contributed by atoms with Gasteiger partial charge in [-0.3, -0.25) is 4.79 Å². The Morgan fingerprint density at radius 2 is 1.87 bits per heavy atom. The van der Waals surface area contributed by atoms with E-state index in [2.05, 4.69) is 51.9 Å². The van der Waals surface area contributed by atoms with Gasteiger partial charge in [0.05, 0.1) is 5.56 Å². The highest BCUT2D eigenvalue weighted by Crippen LogP contribution is 2.26. The maximum atomic E-state index is 12.3. The number of carbonyl (C=O) groups is 1. The van der Waals surface area contributed by atoms with Crippen molar-refractivity contribution in [1.29, 1.82) is 0 Å². The van der Waals surface area contributed by atoms with Gasteiger partial charge in [0.25, 0.3) is 5.91 Å². The molecule has 2 aromatic rings. The van der Waals surface area contributed by atoms with Crippen LogP contribution in [0.25, 0.3) is 0 Å². The monoisotopic (exact) mass is 420 g/mol. The smallest absolute Gasteiger partial charge is 0.256 e. The van der Waals surface area contributed by atoms with E-state index in [1.165, 1.54) is 24.9 Å². The first-order chi connectivity index (χ1) is 11.1. The van der Waals surface area contributed by atoms with Crippen molar-refractivity contribution in [2.24, 2.45) is 0 Å². The second-order valence-corrected chi connectivity index (χ2v) is 7.18. The van der Waals surface area contributed by atoms with E-state index in [1.807, 2.05) is 36.4 Å². The Labute approximate surface area is 151 Å². The molecule has 1 heterocycles. The van der Waals surface area contributed by atoms with Gasteiger partial charge in [0.15, 0.2) is 0 Å². The van der Waals surface area contributed by atoms with E-state index in [-0.39, 0.29) is 5.91 Å². The van der Waals surface area contributed by atoms with Gasteiger partial charge in [-0.25, -0.2) is 0 Å². The average Bonchev–Trinajstić information content (AvgIpc) is 2.56. The fourth-order valence-electron chi connectivity index (χ4n) is 3.06. The Morgan fingerprint density at radius 3 is 2.57 bits per heavy atom. The predicted octanol–water partition coefficient (Wildman–Crippen LogP) is 4.92. The zero-order valence-corrected chi connectivity index (χ0v) is 15.4. The summed E-state index contributed by atoms with van der Waals surface area (Å²) in [5.41, 5.74) is 2.79. The molecule has 1 aliphatic rings. The number of halogens is 1. The Morgan fingerprint density at radius 1 is 1.13 bits per heavy atom. The van der Waals surface area contributed by atoms with Gasteiger partial charge in [0.1, 0.15) is 0 Å². The predicted molar refractivity (Wildman–Crippen MR) is 104 cm³/mol. The molecule has 0 aliphatic carbocycles. The summed E-state index contributed by atoms with van der Waals surface area (Å²) in [5.74, 6) is -0.0610. The normalized spacial score (nSPS) is 17.8. The molecule has 1 saturated heterocycles. The Kier molecular flexibility index (Phi) is 5.20. The molecule has 2 aromatic carbocycles. The molecule has 0 aromatic heterocycles. The van der Waals surface area contributed by atoms with Crippen LogP contribution >= 0.6 is 22.6 Å². The molecule has 0 radical (unpaired) electrons. The molecule has 1 amide bonds. The number of anilines is 2. The highest BCUT2D eigenvalue weighted by Gasteiger charge is 2.18. The second-order valence-electron chi connectivity index (χ2n) is 6.02. The third-order valence-corrected chi connectivity index (χ3v) is 5.32. The van der Waals surface area contributed by atoms with Crippen molar-refractivity contribution in [2.45, 2.75) is 32.2 Å². The van der Waals surface area contributed by atoms with Crippen LogP contribution in [-0.2, 0) is 0 Å². The molecular formula is C19H21IN2O. The number of hydrogen-bond donors (Lipinski definition) is 1. The molecule has 120 valence electrons. The van der Waals surface area contributed by atoms with Gasteiger partial charge in [-0.15, -0.1) is 0 Å². The minimum atomic E-state index is -0.0610. The van der Waals surface area contributed by atoms with Crippen molar-refractivity contribution in [3.05, 3.63) is 57.7 Å². The summed E-state index contributed by atoms with van der Waals surface area (Å²) in [7, 11) is 0. The Bertz CT molecular complexity index is 684. The number of carbonyl (C=O) groups excluding carboxylic acids is 1. The van der Waals surface area contributed by atoms with Crippen molar-refractivity contribution in [2.75, 3.05) is 16.8 Å². The Balaban J connectivity index is 1.70. The highest BCUT2D eigenvalue weighted by molar-refractivity contribution is 14.1. The summed E-state index contributed by atoms with van der Waals surface area (Å²) in [4.78, 5) is 14.8. The number of hydrogen-bond acceptors (Lipinski definition) is 2. The van der Waals surface area contributed by atoms with Crippen LogP contribution in [0.15, 0.2) is 48.5 Å². The number of piperidine rings is 1. The van der Waals surface area contributed by atoms with Crippen molar-refractivity contribution in [3.8, 4) is 0 Å². The topological polar surface area (TPSA) is 32.3 Å². The number of nitrogens with zero attached hydrogens (tertiary/aromatic N) is 1. The number of amides is 1. The summed E-state index contributed by atoms with van der Waals surface area (Å²) in [5, 5.41) is 2.98. The molecular weight excluding hydrogens is 399 g/mol. The molecule has 4 heteroatoms. The lowest BCUT2D eigenvalue weighted by atomic mass is 10.0. The van der Waals surface area contributed by atoms with Gasteiger partial charge in [-0.2, -0.15) is 0 Å². The van der Waals surface area contributed by atoms with E-state index >= 15 is 0 Å². The fourth-order valence-corrected chi connectivity index (χ4v) is 3.69. The molecule has 1 atom stereocenters. The van der Waals surface area contributed by atoms with Crippen molar-refractivity contribution >= 4 is 39.9 Å². The van der Waals surface area contributed by atoms with Crippen molar-refractivity contribution < 1.29 is 4.79 Å². The summed E-state index contributed by atoms with van der Waals surface area (Å²) in [6.07, 6.45) is 3.84. The number of rotatable bonds is 3. The molecule has 0 bridgehead atoms. The molecule has 3 rings (SSSR count). The van der Waals surface area contributed by atoms with E-state index in [0.717, 1.165) is 15.8 Å². The third kappa shape index (κ3) is 3.86. The van der Waals surface area contributed by atoms with Crippen LogP contribution in [0, 0.1) is 3.57 Å². The minimum Gasteiger partial charge on any atom is -0.369 e. The number of nitrogens with one attached hydrogen (secondary N) is 1. The molecule has 1 N–H and O–H groups in total. The summed E-state index contributed by atoms with van der Waals surface area (Å²) in [6, 6.07) is 16.4. The third-order valence-electron chi connectivity index (χ3n) is 4.38. The highest BCUT2D eigenvalue weighted by atomic mass is 127. The van der Waals surface area contributed by atoms with Crippen LogP contribution in [0.3, 0.4) is 0 Å². The maximum absolute atomic E-state index is 12.3. The molecule has 1 fully saturated rings. The van der Waals surface area contributed by atoms with E-state index in [0.29, 0.717) is 11.6 Å². The minimum absolute atomic E-state index is 0.0610. The quantitative estimate of drug-likeness (QED) is 0.715. The van der Waals surface area contributed by atoms with Crippen molar-refractivity contribution in [3.63, 3.8) is 0 Å². The summed E-state index contributed by atoms with van der Waals surface area (Å²) < 4.78 is 0.960. The summed E-state index contributed by atoms with van der Waals surface area (Å²) in [6.45, 7) is 3.40. The largest absolute Gasteiger partial charge is 0.369 e. The van der Waals surface area contributed by atoms with Crippen LogP contribution in [0.4, 0.5) is 11.4 Å². The molecule has 1 aliphatic heterocycles. The van der Waals surface area contributed by atoms with Gasteiger partial charge < -0.3 is 10.2 Å². The lowest BCUT2D eigenvalue weighted by Gasteiger charge is -2.35. The lowest BCUT2D eigenvalue weighted by Crippen LogP contribution is -2.37. The summed E-state index contributed by atoms with van der Waals surface area (Å²) >= 11 is 2.19. The van der Waals surface area contributed by atoms with E-state index in [4.69, 9.17) is 0 Å². The lowest BCUT2D eigenvalue weighted by molar-refractivity contribution is 0.102. The average molecular weight is 420 g/mol. The first kappa shape index (κ1) is 16.3. The molecule has 0 saturated carbocycles.